The SMILES string of the molecule is CCCCN(CCC(C#N)NC1CC1)c1ccccc1. The van der Waals surface area contributed by atoms with E-state index in [1.807, 2.05) is 6.07 Å². The van der Waals surface area contributed by atoms with Crippen molar-refractivity contribution in [1.82, 2.24) is 5.32 Å². The first-order chi connectivity index (χ1) is 9.83. The monoisotopic (exact) mass is 271 g/mol. The normalized spacial score (nSPS) is 15.6. The van der Waals surface area contributed by atoms with Gasteiger partial charge < -0.3 is 4.90 Å². The second-order valence-electron chi connectivity index (χ2n) is 5.59. The number of hydrogen-bond donors (Lipinski definition) is 1. The highest BCUT2D eigenvalue weighted by atomic mass is 15.1. The zero-order valence-electron chi connectivity index (χ0n) is 12.4. The second-order valence-corrected chi connectivity index (χ2v) is 5.59. The first kappa shape index (κ1) is 14.9. The van der Waals surface area contributed by atoms with E-state index in [0.717, 1.165) is 19.5 Å². The van der Waals surface area contributed by atoms with Crippen molar-refractivity contribution in [1.29, 1.82) is 5.26 Å². The minimum atomic E-state index is -0.00432. The quantitative estimate of drug-likeness (QED) is 0.749. The van der Waals surface area contributed by atoms with Gasteiger partial charge in [-0.25, -0.2) is 0 Å². The summed E-state index contributed by atoms with van der Waals surface area (Å²) < 4.78 is 0. The van der Waals surface area contributed by atoms with Gasteiger partial charge in [-0.05, 0) is 37.8 Å². The van der Waals surface area contributed by atoms with Crippen LogP contribution in [0, 0.1) is 11.3 Å². The molecule has 0 heterocycles. The maximum Gasteiger partial charge on any atom is 0.0972 e. The van der Waals surface area contributed by atoms with Crippen LogP contribution >= 0.6 is 0 Å². The molecular formula is C17H25N3. The minimum Gasteiger partial charge on any atom is -0.371 e. The maximum atomic E-state index is 9.23. The predicted octanol–water partition coefficient (Wildman–Crippen LogP) is 3.33. The van der Waals surface area contributed by atoms with Gasteiger partial charge in [-0.2, -0.15) is 5.26 Å². The van der Waals surface area contributed by atoms with E-state index in [2.05, 4.69) is 47.5 Å². The average Bonchev–Trinajstić information content (AvgIpc) is 3.31. The summed E-state index contributed by atoms with van der Waals surface area (Å²) in [7, 11) is 0. The largest absolute Gasteiger partial charge is 0.371 e. The van der Waals surface area contributed by atoms with Crippen LogP contribution in [0.5, 0.6) is 0 Å². The summed E-state index contributed by atoms with van der Waals surface area (Å²) in [5.74, 6) is 0. The number of nitriles is 1. The van der Waals surface area contributed by atoms with E-state index in [1.54, 1.807) is 0 Å². The van der Waals surface area contributed by atoms with Crippen molar-refractivity contribution in [2.75, 3.05) is 18.0 Å². The van der Waals surface area contributed by atoms with E-state index >= 15 is 0 Å². The van der Waals surface area contributed by atoms with Crippen LogP contribution in [0.3, 0.4) is 0 Å². The molecule has 0 aromatic heterocycles. The molecule has 1 unspecified atom stereocenters. The molecule has 0 saturated heterocycles. The number of nitrogens with one attached hydrogen (secondary N) is 1. The van der Waals surface area contributed by atoms with Gasteiger partial charge in [-0.15, -0.1) is 0 Å². The van der Waals surface area contributed by atoms with Crippen LogP contribution < -0.4 is 10.2 Å². The number of hydrogen-bond acceptors (Lipinski definition) is 3. The first-order valence-corrected chi connectivity index (χ1v) is 7.79. The summed E-state index contributed by atoms with van der Waals surface area (Å²) in [5.41, 5.74) is 1.27. The number of anilines is 1. The lowest BCUT2D eigenvalue weighted by atomic mass is 10.2. The van der Waals surface area contributed by atoms with Crippen molar-refractivity contribution in [3.05, 3.63) is 30.3 Å². The Labute approximate surface area is 122 Å². The molecule has 1 N–H and O–H groups in total. The highest BCUT2D eigenvalue weighted by molar-refractivity contribution is 5.45. The topological polar surface area (TPSA) is 39.1 Å². The van der Waals surface area contributed by atoms with E-state index in [0.29, 0.717) is 6.04 Å². The lowest BCUT2D eigenvalue weighted by Gasteiger charge is -2.26. The molecule has 2 rings (SSSR count). The van der Waals surface area contributed by atoms with Crippen molar-refractivity contribution in [2.24, 2.45) is 0 Å². The zero-order chi connectivity index (χ0) is 14.2. The van der Waals surface area contributed by atoms with Crippen LogP contribution in [0.25, 0.3) is 0 Å². The molecule has 3 nitrogen and oxygen atoms in total. The average molecular weight is 271 g/mol. The van der Waals surface area contributed by atoms with E-state index in [1.165, 1.54) is 31.4 Å². The Hall–Kier alpha value is -1.53. The van der Waals surface area contributed by atoms with Gasteiger partial charge in [0.25, 0.3) is 0 Å². The summed E-state index contributed by atoms with van der Waals surface area (Å²) >= 11 is 0. The highest BCUT2D eigenvalue weighted by Crippen LogP contribution is 2.20. The standard InChI is InChI=1S/C17H25N3/c1-2-3-12-20(17-7-5-4-6-8-17)13-11-16(14-18)19-15-9-10-15/h4-8,15-16,19H,2-3,9-13H2,1H3. The number of para-hydroxylation sites is 1. The lowest BCUT2D eigenvalue weighted by molar-refractivity contribution is 0.551. The van der Waals surface area contributed by atoms with Gasteiger partial charge in [0.1, 0.15) is 0 Å². The Bertz CT molecular complexity index is 420. The zero-order valence-corrected chi connectivity index (χ0v) is 12.4. The second kappa shape index (κ2) is 7.91. The van der Waals surface area contributed by atoms with Crippen molar-refractivity contribution in [3.8, 4) is 6.07 Å². The van der Waals surface area contributed by atoms with E-state index in [9.17, 15) is 5.26 Å². The van der Waals surface area contributed by atoms with Crippen LogP contribution in [-0.2, 0) is 0 Å². The van der Waals surface area contributed by atoms with Gasteiger partial charge in [0.2, 0.25) is 0 Å². The van der Waals surface area contributed by atoms with Crippen LogP contribution in [0.2, 0.25) is 0 Å². The predicted molar refractivity (Wildman–Crippen MR) is 83.7 cm³/mol. The summed E-state index contributed by atoms with van der Waals surface area (Å²) in [6, 6.07) is 13.5. The maximum absolute atomic E-state index is 9.23. The molecule has 1 saturated carbocycles. The number of rotatable bonds is 9. The summed E-state index contributed by atoms with van der Waals surface area (Å²) in [4.78, 5) is 2.41. The molecule has 108 valence electrons. The van der Waals surface area contributed by atoms with Crippen molar-refractivity contribution in [2.45, 2.75) is 51.1 Å². The Kier molecular flexibility index (Phi) is 5.88. The van der Waals surface area contributed by atoms with Crippen molar-refractivity contribution < 1.29 is 0 Å². The van der Waals surface area contributed by atoms with E-state index in [-0.39, 0.29) is 6.04 Å². The van der Waals surface area contributed by atoms with Crippen LogP contribution in [0.1, 0.15) is 39.0 Å². The van der Waals surface area contributed by atoms with Gasteiger partial charge in [0.05, 0.1) is 12.1 Å². The molecule has 0 spiro atoms. The number of benzene rings is 1. The first-order valence-electron chi connectivity index (χ1n) is 7.79. The lowest BCUT2D eigenvalue weighted by Crippen LogP contribution is -2.35. The number of nitrogens with zero attached hydrogens (tertiary/aromatic N) is 2. The molecular weight excluding hydrogens is 246 g/mol. The number of unbranched alkanes of at least 4 members (excludes halogenated alkanes) is 1. The molecule has 1 aromatic carbocycles. The Morgan fingerprint density at radius 2 is 2.05 bits per heavy atom. The van der Waals surface area contributed by atoms with Gasteiger partial charge >= 0.3 is 0 Å². The molecule has 0 aliphatic heterocycles. The fourth-order valence-corrected chi connectivity index (χ4v) is 2.36. The Morgan fingerprint density at radius 1 is 1.30 bits per heavy atom. The van der Waals surface area contributed by atoms with Gasteiger partial charge in [0, 0.05) is 24.8 Å². The fraction of sp³-hybridized carbons (Fsp3) is 0.588. The molecule has 1 aromatic rings. The molecule has 0 amide bonds. The van der Waals surface area contributed by atoms with E-state index in [4.69, 9.17) is 0 Å². The molecule has 1 aliphatic rings. The molecule has 1 atom stereocenters. The molecule has 1 aliphatic carbocycles. The third kappa shape index (κ3) is 4.86. The van der Waals surface area contributed by atoms with E-state index < -0.39 is 0 Å². The molecule has 3 heteroatoms. The summed E-state index contributed by atoms with van der Waals surface area (Å²) in [5, 5.41) is 12.6. The van der Waals surface area contributed by atoms with Gasteiger partial charge in [-0.3, -0.25) is 5.32 Å². The third-order valence-corrected chi connectivity index (χ3v) is 3.76. The Balaban J connectivity index is 1.88. The smallest absolute Gasteiger partial charge is 0.0972 e. The van der Waals surface area contributed by atoms with Crippen molar-refractivity contribution >= 4 is 5.69 Å². The fourth-order valence-electron chi connectivity index (χ4n) is 2.36. The third-order valence-electron chi connectivity index (χ3n) is 3.76. The molecule has 0 radical (unpaired) electrons. The van der Waals surface area contributed by atoms with Crippen LogP contribution in [0.4, 0.5) is 5.69 Å². The van der Waals surface area contributed by atoms with Crippen LogP contribution in [-0.4, -0.2) is 25.2 Å². The van der Waals surface area contributed by atoms with Crippen molar-refractivity contribution in [3.63, 3.8) is 0 Å². The summed E-state index contributed by atoms with van der Waals surface area (Å²) in [6.45, 7) is 4.24. The Morgan fingerprint density at radius 3 is 2.65 bits per heavy atom. The minimum absolute atomic E-state index is 0.00432. The van der Waals surface area contributed by atoms with Gasteiger partial charge in [-0.1, -0.05) is 31.5 Å². The molecule has 0 bridgehead atoms. The molecule has 20 heavy (non-hydrogen) atoms. The summed E-state index contributed by atoms with van der Waals surface area (Å²) in [6.07, 6.45) is 5.76. The van der Waals surface area contributed by atoms with Crippen LogP contribution in [0.15, 0.2) is 30.3 Å². The highest BCUT2D eigenvalue weighted by Gasteiger charge is 2.24. The molecule has 1 fully saturated rings. The van der Waals surface area contributed by atoms with Gasteiger partial charge in [0.15, 0.2) is 0 Å².